The Bertz CT molecular complexity index is 1090. The Balaban J connectivity index is 1.97. The van der Waals surface area contributed by atoms with E-state index in [4.69, 9.17) is 11.6 Å². The highest BCUT2D eigenvalue weighted by molar-refractivity contribution is 9.10. The number of pyridine rings is 2. The van der Waals surface area contributed by atoms with Gasteiger partial charge in [-0.15, -0.1) is 0 Å². The van der Waals surface area contributed by atoms with Gasteiger partial charge in [0, 0.05) is 39.8 Å². The number of nitrogens with one attached hydrogen (secondary N) is 1. The van der Waals surface area contributed by atoms with Gasteiger partial charge in [-0.3, -0.25) is 9.97 Å². The summed E-state index contributed by atoms with van der Waals surface area (Å²) >= 11 is 10.2. The van der Waals surface area contributed by atoms with Crippen molar-refractivity contribution in [3.8, 4) is 22.6 Å². The number of imidazole rings is 1. The molecule has 0 saturated heterocycles. The summed E-state index contributed by atoms with van der Waals surface area (Å²) in [6, 6.07) is 9.67. The molecule has 0 spiro atoms. The number of fused-ring (bicyclic) bond motifs is 1. The van der Waals surface area contributed by atoms with E-state index in [0.29, 0.717) is 16.5 Å². The molecule has 4 aromatic rings. The second-order valence-corrected chi connectivity index (χ2v) is 6.74. The molecule has 0 aliphatic rings. The lowest BCUT2D eigenvalue weighted by Gasteiger charge is -2.10. The van der Waals surface area contributed by atoms with E-state index >= 15 is 0 Å². The fourth-order valence-corrected chi connectivity index (χ4v) is 3.42. The number of H-pyrrole nitrogens is 1. The standard InChI is InChI=1S/C19H12BrClN4/c1-2-11-10-23-18(12-4-3-7-22-9-12)17(21)16(11)19-24-14-6-5-13(20)8-15(14)25-19/h2-10H,1H2,(H,24,25). The average molecular weight is 412 g/mol. The maximum atomic E-state index is 6.71. The number of benzene rings is 1. The second kappa shape index (κ2) is 6.43. The first-order chi connectivity index (χ1) is 12.2. The maximum Gasteiger partial charge on any atom is 0.140 e. The van der Waals surface area contributed by atoms with E-state index in [-0.39, 0.29) is 0 Å². The molecule has 4 nitrogen and oxygen atoms in total. The summed E-state index contributed by atoms with van der Waals surface area (Å²) in [5.41, 5.74) is 4.90. The van der Waals surface area contributed by atoms with E-state index in [1.165, 1.54) is 0 Å². The molecule has 0 unspecified atom stereocenters. The van der Waals surface area contributed by atoms with Gasteiger partial charge in [0.15, 0.2) is 0 Å². The minimum Gasteiger partial charge on any atom is -0.338 e. The van der Waals surface area contributed by atoms with Gasteiger partial charge < -0.3 is 4.98 Å². The number of nitrogens with zero attached hydrogens (tertiary/aromatic N) is 3. The van der Waals surface area contributed by atoms with Crippen molar-refractivity contribution in [2.24, 2.45) is 0 Å². The topological polar surface area (TPSA) is 54.5 Å². The van der Waals surface area contributed by atoms with Crippen LogP contribution < -0.4 is 0 Å². The van der Waals surface area contributed by atoms with Crippen LogP contribution in [0, 0.1) is 0 Å². The number of hydrogen-bond donors (Lipinski definition) is 1. The lowest BCUT2D eigenvalue weighted by molar-refractivity contribution is 1.25. The van der Waals surface area contributed by atoms with Gasteiger partial charge in [0.1, 0.15) is 5.82 Å². The highest BCUT2D eigenvalue weighted by Crippen LogP contribution is 2.37. The molecule has 0 amide bonds. The van der Waals surface area contributed by atoms with Crippen LogP contribution in [0.2, 0.25) is 5.02 Å². The molecule has 25 heavy (non-hydrogen) atoms. The molecule has 0 radical (unpaired) electrons. The normalized spacial score (nSPS) is 11.0. The Labute approximate surface area is 157 Å². The van der Waals surface area contributed by atoms with Crippen LogP contribution in [0.1, 0.15) is 5.56 Å². The van der Waals surface area contributed by atoms with E-state index in [9.17, 15) is 0 Å². The third-order valence-electron chi connectivity index (χ3n) is 3.88. The predicted octanol–water partition coefficient (Wildman–Crippen LogP) is 5.75. The Morgan fingerprint density at radius 1 is 1.20 bits per heavy atom. The van der Waals surface area contributed by atoms with Gasteiger partial charge in [0.25, 0.3) is 0 Å². The van der Waals surface area contributed by atoms with E-state index in [1.807, 2.05) is 30.3 Å². The summed E-state index contributed by atoms with van der Waals surface area (Å²) in [4.78, 5) is 16.6. The monoisotopic (exact) mass is 410 g/mol. The van der Waals surface area contributed by atoms with Crippen molar-refractivity contribution in [1.82, 2.24) is 19.9 Å². The predicted molar refractivity (Wildman–Crippen MR) is 105 cm³/mol. The van der Waals surface area contributed by atoms with Crippen LogP contribution in [-0.2, 0) is 0 Å². The molecule has 1 N–H and O–H groups in total. The molecular weight excluding hydrogens is 400 g/mol. The van der Waals surface area contributed by atoms with Crippen LogP contribution in [-0.4, -0.2) is 19.9 Å². The Hall–Kier alpha value is -2.50. The summed E-state index contributed by atoms with van der Waals surface area (Å²) in [6.45, 7) is 3.87. The van der Waals surface area contributed by atoms with Gasteiger partial charge in [-0.05, 0) is 30.3 Å². The number of aromatic nitrogens is 4. The minimum absolute atomic E-state index is 0.517. The lowest BCUT2D eigenvalue weighted by Crippen LogP contribution is -1.94. The van der Waals surface area contributed by atoms with Gasteiger partial charge in [-0.25, -0.2) is 4.98 Å². The van der Waals surface area contributed by atoms with Gasteiger partial charge in [0.05, 0.1) is 21.7 Å². The largest absolute Gasteiger partial charge is 0.338 e. The number of hydrogen-bond acceptors (Lipinski definition) is 3. The quantitative estimate of drug-likeness (QED) is 0.467. The molecule has 0 bridgehead atoms. The molecule has 122 valence electrons. The molecule has 0 saturated carbocycles. The van der Waals surface area contributed by atoms with Crippen LogP contribution in [0.4, 0.5) is 0 Å². The number of halogens is 2. The minimum atomic E-state index is 0.517. The first-order valence-corrected chi connectivity index (χ1v) is 8.71. The number of rotatable bonds is 3. The molecular formula is C19H12BrClN4. The average Bonchev–Trinajstić information content (AvgIpc) is 3.04. The summed E-state index contributed by atoms with van der Waals surface area (Å²) < 4.78 is 0.982. The second-order valence-electron chi connectivity index (χ2n) is 5.44. The maximum absolute atomic E-state index is 6.71. The third kappa shape index (κ3) is 2.86. The van der Waals surface area contributed by atoms with Crippen LogP contribution in [0.25, 0.3) is 39.8 Å². The number of aromatic amines is 1. The zero-order chi connectivity index (χ0) is 17.4. The smallest absolute Gasteiger partial charge is 0.140 e. The van der Waals surface area contributed by atoms with Crippen molar-refractivity contribution in [2.45, 2.75) is 0 Å². The fourth-order valence-electron chi connectivity index (χ4n) is 2.70. The van der Waals surface area contributed by atoms with E-state index in [2.05, 4.69) is 42.4 Å². The summed E-state index contributed by atoms with van der Waals surface area (Å²) in [5, 5.41) is 0.517. The molecule has 0 atom stereocenters. The van der Waals surface area contributed by atoms with Gasteiger partial charge in [0.2, 0.25) is 0 Å². The van der Waals surface area contributed by atoms with Gasteiger partial charge in [-0.1, -0.05) is 40.2 Å². The molecule has 0 fully saturated rings. The van der Waals surface area contributed by atoms with E-state index in [1.54, 1.807) is 24.7 Å². The zero-order valence-corrected chi connectivity index (χ0v) is 15.3. The Morgan fingerprint density at radius 3 is 2.84 bits per heavy atom. The van der Waals surface area contributed by atoms with Crippen molar-refractivity contribution in [2.75, 3.05) is 0 Å². The van der Waals surface area contributed by atoms with Crippen molar-refractivity contribution in [3.63, 3.8) is 0 Å². The highest BCUT2D eigenvalue weighted by Gasteiger charge is 2.18. The Morgan fingerprint density at radius 2 is 2.08 bits per heavy atom. The molecule has 3 heterocycles. The highest BCUT2D eigenvalue weighted by atomic mass is 79.9. The molecule has 3 aromatic heterocycles. The fraction of sp³-hybridized carbons (Fsp3) is 0. The Kier molecular flexibility index (Phi) is 4.11. The molecule has 1 aromatic carbocycles. The van der Waals surface area contributed by atoms with Crippen molar-refractivity contribution >= 4 is 44.6 Å². The van der Waals surface area contributed by atoms with Gasteiger partial charge in [-0.2, -0.15) is 0 Å². The van der Waals surface area contributed by atoms with E-state index < -0.39 is 0 Å². The molecule has 0 aliphatic carbocycles. The first kappa shape index (κ1) is 16.0. The summed E-state index contributed by atoms with van der Waals surface area (Å²) in [5.74, 6) is 0.681. The summed E-state index contributed by atoms with van der Waals surface area (Å²) in [7, 11) is 0. The van der Waals surface area contributed by atoms with Crippen molar-refractivity contribution in [3.05, 3.63) is 70.6 Å². The SMILES string of the molecule is C=Cc1cnc(-c2cccnc2)c(Cl)c1-c1nc2ccc(Br)cc2[nH]1. The summed E-state index contributed by atoms with van der Waals surface area (Å²) in [6.07, 6.45) is 6.93. The van der Waals surface area contributed by atoms with Crippen molar-refractivity contribution in [1.29, 1.82) is 0 Å². The molecule has 4 rings (SSSR count). The van der Waals surface area contributed by atoms with E-state index in [0.717, 1.165) is 32.2 Å². The van der Waals surface area contributed by atoms with Crippen LogP contribution >= 0.6 is 27.5 Å². The molecule has 6 heteroatoms. The zero-order valence-electron chi connectivity index (χ0n) is 13.0. The van der Waals surface area contributed by atoms with Crippen LogP contribution in [0.15, 0.2) is 60.0 Å². The first-order valence-electron chi connectivity index (χ1n) is 7.54. The van der Waals surface area contributed by atoms with Crippen molar-refractivity contribution < 1.29 is 0 Å². The third-order valence-corrected chi connectivity index (χ3v) is 4.75. The van der Waals surface area contributed by atoms with Crippen LogP contribution in [0.3, 0.4) is 0 Å². The van der Waals surface area contributed by atoms with Gasteiger partial charge >= 0.3 is 0 Å². The lowest BCUT2D eigenvalue weighted by atomic mass is 10.1. The molecule has 0 aliphatic heterocycles. The van der Waals surface area contributed by atoms with Crippen LogP contribution in [0.5, 0.6) is 0 Å².